The van der Waals surface area contributed by atoms with Crippen LogP contribution in [0.2, 0.25) is 0 Å². The Morgan fingerprint density at radius 1 is 1.14 bits per heavy atom. The number of halogens is 4. The second-order valence-electron chi connectivity index (χ2n) is 8.69. The second-order valence-corrected chi connectivity index (χ2v) is 8.69. The highest BCUT2D eigenvalue weighted by molar-refractivity contribution is 5.36. The van der Waals surface area contributed by atoms with Gasteiger partial charge >= 0.3 is 0 Å². The first-order valence-corrected chi connectivity index (χ1v) is 9.06. The van der Waals surface area contributed by atoms with Gasteiger partial charge in [-0.15, -0.1) is 5.10 Å². The highest BCUT2D eigenvalue weighted by atomic mass is 19.3. The van der Waals surface area contributed by atoms with Crippen LogP contribution in [0.5, 0.6) is 0 Å². The maximum atomic E-state index is 15.8. The molecule has 0 aliphatic heterocycles. The van der Waals surface area contributed by atoms with Crippen LogP contribution in [0.1, 0.15) is 37.7 Å². The SMILES string of the molecule is OC1(C23CC(C(F)(F)C(O)(Cn4cnnn4)c4ccc(F)cc4F)(C2)C3)CC1. The lowest BCUT2D eigenvalue weighted by Gasteiger charge is -2.75. The van der Waals surface area contributed by atoms with Gasteiger partial charge in [-0.05, 0) is 54.7 Å². The van der Waals surface area contributed by atoms with Crippen LogP contribution in [0.4, 0.5) is 17.6 Å². The number of benzene rings is 1. The van der Waals surface area contributed by atoms with Crippen molar-refractivity contribution >= 4 is 0 Å². The minimum absolute atomic E-state index is 0.0598. The van der Waals surface area contributed by atoms with E-state index in [1.165, 1.54) is 0 Å². The van der Waals surface area contributed by atoms with E-state index in [0.29, 0.717) is 18.9 Å². The van der Waals surface area contributed by atoms with Crippen molar-refractivity contribution in [2.24, 2.45) is 10.8 Å². The van der Waals surface area contributed by atoms with E-state index in [0.717, 1.165) is 23.1 Å². The van der Waals surface area contributed by atoms with Gasteiger partial charge in [-0.2, -0.15) is 0 Å². The van der Waals surface area contributed by atoms with Crippen LogP contribution in [-0.2, 0) is 12.1 Å². The molecule has 28 heavy (non-hydrogen) atoms. The summed E-state index contributed by atoms with van der Waals surface area (Å²) >= 11 is 0. The maximum Gasteiger partial charge on any atom is 0.287 e. The van der Waals surface area contributed by atoms with E-state index >= 15 is 8.78 Å². The maximum absolute atomic E-state index is 15.8. The van der Waals surface area contributed by atoms with E-state index in [1.807, 2.05) is 0 Å². The fraction of sp³-hybridized carbons (Fsp3) is 0.611. The molecule has 4 saturated carbocycles. The number of aliphatic hydroxyl groups is 2. The highest BCUT2D eigenvalue weighted by Gasteiger charge is 2.87. The lowest BCUT2D eigenvalue weighted by molar-refractivity contribution is -0.390. The number of tetrazole rings is 1. The standard InChI is InChI=1S/C18H18F4N4O2/c19-11-1-2-12(13(20)5-11)17(28,9-26-10-23-24-25-26)18(21,22)15-6-14(7-15,8-15)16(27)3-4-16/h1-2,5,10,27-28H,3-4,6-9H2. The average Bonchev–Trinajstić information content (AvgIpc) is 3.04. The van der Waals surface area contributed by atoms with Gasteiger partial charge in [0.05, 0.1) is 12.1 Å². The van der Waals surface area contributed by atoms with Crippen molar-refractivity contribution in [1.29, 1.82) is 0 Å². The summed E-state index contributed by atoms with van der Waals surface area (Å²) in [4.78, 5) is 0. The molecular formula is C18H18F4N4O2. The zero-order chi connectivity index (χ0) is 20.0. The van der Waals surface area contributed by atoms with Crippen molar-refractivity contribution in [1.82, 2.24) is 20.2 Å². The van der Waals surface area contributed by atoms with E-state index in [4.69, 9.17) is 0 Å². The number of aromatic nitrogens is 4. The number of nitrogens with zero attached hydrogens (tertiary/aromatic N) is 4. The second kappa shape index (κ2) is 5.10. The Morgan fingerprint density at radius 2 is 1.82 bits per heavy atom. The molecule has 0 spiro atoms. The number of rotatable bonds is 6. The van der Waals surface area contributed by atoms with Crippen LogP contribution in [0, 0.1) is 22.5 Å². The third-order valence-corrected chi connectivity index (χ3v) is 7.09. The average molecular weight is 398 g/mol. The molecule has 4 aliphatic rings. The molecule has 6 nitrogen and oxygen atoms in total. The van der Waals surface area contributed by atoms with Crippen LogP contribution in [0.15, 0.2) is 24.5 Å². The molecule has 4 fully saturated rings. The molecule has 0 amide bonds. The van der Waals surface area contributed by atoms with Gasteiger partial charge < -0.3 is 10.2 Å². The minimum Gasteiger partial charge on any atom is -0.389 e. The first-order chi connectivity index (χ1) is 13.1. The summed E-state index contributed by atoms with van der Waals surface area (Å²) in [7, 11) is 0. The normalized spacial score (nSPS) is 32.2. The smallest absolute Gasteiger partial charge is 0.287 e. The molecule has 0 saturated heterocycles. The molecule has 4 aliphatic carbocycles. The molecule has 1 aromatic heterocycles. The summed E-state index contributed by atoms with van der Waals surface area (Å²) in [5.41, 5.74) is -6.67. The van der Waals surface area contributed by atoms with Crippen LogP contribution in [0.3, 0.4) is 0 Å². The predicted molar refractivity (Wildman–Crippen MR) is 85.9 cm³/mol. The Hall–Kier alpha value is -2.07. The van der Waals surface area contributed by atoms with E-state index in [9.17, 15) is 19.0 Å². The third kappa shape index (κ3) is 2.02. The molecule has 1 heterocycles. The van der Waals surface area contributed by atoms with Gasteiger partial charge in [-0.25, -0.2) is 22.2 Å². The topological polar surface area (TPSA) is 84.1 Å². The molecule has 10 heteroatoms. The summed E-state index contributed by atoms with van der Waals surface area (Å²) < 4.78 is 60.3. The van der Waals surface area contributed by atoms with Crippen LogP contribution >= 0.6 is 0 Å². The van der Waals surface area contributed by atoms with E-state index in [1.54, 1.807) is 0 Å². The molecule has 150 valence electrons. The molecule has 2 aromatic rings. The molecule has 2 N–H and O–H groups in total. The molecule has 0 radical (unpaired) electrons. The fourth-order valence-electron chi connectivity index (χ4n) is 5.37. The molecule has 6 rings (SSSR count). The van der Waals surface area contributed by atoms with Crippen LogP contribution in [-0.4, -0.2) is 41.9 Å². The van der Waals surface area contributed by atoms with Crippen molar-refractivity contribution in [2.75, 3.05) is 0 Å². The van der Waals surface area contributed by atoms with Gasteiger partial charge in [-0.3, -0.25) is 0 Å². The number of hydrogen-bond acceptors (Lipinski definition) is 5. The lowest BCUT2D eigenvalue weighted by Crippen LogP contribution is -2.77. The number of hydrogen-bond donors (Lipinski definition) is 2. The van der Waals surface area contributed by atoms with Gasteiger partial charge in [0.15, 0.2) is 5.60 Å². The molecular weight excluding hydrogens is 380 g/mol. The monoisotopic (exact) mass is 398 g/mol. The van der Waals surface area contributed by atoms with E-state index in [2.05, 4.69) is 15.5 Å². The van der Waals surface area contributed by atoms with E-state index in [-0.39, 0.29) is 19.3 Å². The molecule has 2 bridgehead atoms. The Labute approximate surface area is 157 Å². The third-order valence-electron chi connectivity index (χ3n) is 7.09. The molecule has 1 atom stereocenters. The Morgan fingerprint density at radius 3 is 2.36 bits per heavy atom. The lowest BCUT2D eigenvalue weighted by atomic mass is 9.30. The minimum atomic E-state index is -3.75. The van der Waals surface area contributed by atoms with Gasteiger partial charge in [0, 0.05) is 22.5 Å². The first kappa shape index (κ1) is 18.0. The molecule has 1 aromatic carbocycles. The summed E-state index contributed by atoms with van der Waals surface area (Å²) in [5, 5.41) is 31.8. The fourth-order valence-corrected chi connectivity index (χ4v) is 5.37. The van der Waals surface area contributed by atoms with Crippen molar-refractivity contribution in [2.45, 2.75) is 55.8 Å². The highest BCUT2D eigenvalue weighted by Crippen LogP contribution is 2.85. The molecule has 1 unspecified atom stereocenters. The Bertz CT molecular complexity index is 927. The van der Waals surface area contributed by atoms with Crippen molar-refractivity contribution in [3.63, 3.8) is 0 Å². The summed E-state index contributed by atoms with van der Waals surface area (Å²) in [6, 6.07) is 2.13. The van der Waals surface area contributed by atoms with Crippen LogP contribution in [0.25, 0.3) is 0 Å². The Balaban J connectivity index is 1.55. The van der Waals surface area contributed by atoms with Crippen molar-refractivity contribution in [3.8, 4) is 0 Å². The summed E-state index contributed by atoms with van der Waals surface area (Å²) in [6.07, 6.45) is 2.41. The van der Waals surface area contributed by atoms with Crippen molar-refractivity contribution < 1.29 is 27.8 Å². The van der Waals surface area contributed by atoms with Gasteiger partial charge in [-0.1, -0.05) is 0 Å². The number of alkyl halides is 2. The predicted octanol–water partition coefficient (Wildman–Crippen LogP) is 2.17. The zero-order valence-corrected chi connectivity index (χ0v) is 14.7. The van der Waals surface area contributed by atoms with Gasteiger partial charge in [0.25, 0.3) is 5.92 Å². The van der Waals surface area contributed by atoms with E-state index < -0.39 is 51.7 Å². The summed E-state index contributed by atoms with van der Waals surface area (Å²) in [5.74, 6) is -5.95. The van der Waals surface area contributed by atoms with Crippen LogP contribution < -0.4 is 0 Å². The Kier molecular flexibility index (Phi) is 3.27. The zero-order valence-electron chi connectivity index (χ0n) is 14.7. The largest absolute Gasteiger partial charge is 0.389 e. The summed E-state index contributed by atoms with van der Waals surface area (Å²) in [6.45, 7) is -0.797. The van der Waals surface area contributed by atoms with Gasteiger partial charge in [0.1, 0.15) is 18.0 Å². The first-order valence-electron chi connectivity index (χ1n) is 9.06. The van der Waals surface area contributed by atoms with Gasteiger partial charge in [0.2, 0.25) is 0 Å². The quantitative estimate of drug-likeness (QED) is 0.729. The van der Waals surface area contributed by atoms with Crippen molar-refractivity contribution in [3.05, 3.63) is 41.7 Å².